The Balaban J connectivity index is 1.96. The van der Waals surface area contributed by atoms with E-state index in [9.17, 15) is 18.8 Å². The molecule has 27 heavy (non-hydrogen) atoms. The van der Waals surface area contributed by atoms with Gasteiger partial charge in [0.1, 0.15) is 5.82 Å². The SMILES string of the molecule is CC(C)(C)C(=O)Nc1ccc(C(=O)COC(=O)c2ccc(Br)cc2F)cc1. The first-order valence-corrected chi connectivity index (χ1v) is 8.94. The van der Waals surface area contributed by atoms with Crippen molar-refractivity contribution in [2.75, 3.05) is 11.9 Å². The van der Waals surface area contributed by atoms with Crippen LogP contribution in [0, 0.1) is 11.2 Å². The summed E-state index contributed by atoms with van der Waals surface area (Å²) in [6.07, 6.45) is 0. The van der Waals surface area contributed by atoms with Crippen molar-refractivity contribution in [2.24, 2.45) is 5.41 Å². The molecule has 0 aliphatic heterocycles. The van der Waals surface area contributed by atoms with Crippen LogP contribution in [0.3, 0.4) is 0 Å². The minimum atomic E-state index is -0.914. The van der Waals surface area contributed by atoms with E-state index in [1.165, 1.54) is 24.3 Å². The van der Waals surface area contributed by atoms with E-state index < -0.39 is 29.6 Å². The maximum absolute atomic E-state index is 13.7. The van der Waals surface area contributed by atoms with Gasteiger partial charge in [-0.2, -0.15) is 0 Å². The summed E-state index contributed by atoms with van der Waals surface area (Å²) >= 11 is 3.10. The Bertz CT molecular complexity index is 873. The molecule has 2 aromatic carbocycles. The summed E-state index contributed by atoms with van der Waals surface area (Å²) in [5, 5.41) is 2.75. The van der Waals surface area contributed by atoms with Crippen LogP contribution in [-0.2, 0) is 9.53 Å². The molecule has 7 heteroatoms. The standard InChI is InChI=1S/C20H19BrFNO4/c1-20(2,3)19(26)23-14-7-4-12(5-8-14)17(24)11-27-18(25)15-9-6-13(21)10-16(15)22/h4-10H,11H2,1-3H3,(H,23,26). The number of anilines is 1. The van der Waals surface area contributed by atoms with E-state index >= 15 is 0 Å². The van der Waals surface area contributed by atoms with Gasteiger partial charge in [-0.3, -0.25) is 9.59 Å². The molecule has 0 heterocycles. The Kier molecular flexibility index (Phi) is 6.49. The summed E-state index contributed by atoms with van der Waals surface area (Å²) in [7, 11) is 0. The predicted octanol–water partition coefficient (Wildman–Crippen LogP) is 4.61. The van der Waals surface area contributed by atoms with E-state index in [0.29, 0.717) is 15.7 Å². The summed E-state index contributed by atoms with van der Waals surface area (Å²) in [6, 6.07) is 10.2. The van der Waals surface area contributed by atoms with Crippen LogP contribution in [0.5, 0.6) is 0 Å². The van der Waals surface area contributed by atoms with Gasteiger partial charge in [-0.25, -0.2) is 9.18 Å². The number of rotatable bonds is 5. The third-order valence-electron chi connectivity index (χ3n) is 3.63. The lowest BCUT2D eigenvalue weighted by Crippen LogP contribution is -2.27. The summed E-state index contributed by atoms with van der Waals surface area (Å²) in [6.45, 7) is 4.87. The number of ether oxygens (including phenoxy) is 1. The van der Waals surface area contributed by atoms with Crippen LogP contribution in [0.15, 0.2) is 46.9 Å². The lowest BCUT2D eigenvalue weighted by atomic mass is 9.95. The number of nitrogens with one attached hydrogen (secondary N) is 1. The van der Waals surface area contributed by atoms with Gasteiger partial charge in [-0.05, 0) is 42.5 Å². The van der Waals surface area contributed by atoms with Gasteiger partial charge in [-0.15, -0.1) is 0 Å². The van der Waals surface area contributed by atoms with Crippen molar-refractivity contribution < 1.29 is 23.5 Å². The van der Waals surface area contributed by atoms with E-state index in [2.05, 4.69) is 21.2 Å². The van der Waals surface area contributed by atoms with Crippen LogP contribution in [-0.4, -0.2) is 24.3 Å². The number of esters is 1. The number of ketones is 1. The molecule has 0 saturated carbocycles. The van der Waals surface area contributed by atoms with E-state index in [-0.39, 0.29) is 11.5 Å². The average molecular weight is 436 g/mol. The number of carbonyl (C=O) groups is 3. The highest BCUT2D eigenvalue weighted by molar-refractivity contribution is 9.10. The van der Waals surface area contributed by atoms with Crippen molar-refractivity contribution in [1.82, 2.24) is 0 Å². The molecule has 1 amide bonds. The maximum Gasteiger partial charge on any atom is 0.341 e. The van der Waals surface area contributed by atoms with Gasteiger partial charge in [-0.1, -0.05) is 36.7 Å². The van der Waals surface area contributed by atoms with Crippen LogP contribution in [0.4, 0.5) is 10.1 Å². The van der Waals surface area contributed by atoms with E-state index in [4.69, 9.17) is 4.74 Å². The Morgan fingerprint density at radius 2 is 1.70 bits per heavy atom. The number of Topliss-reactive ketones (excluding diaryl/α,β-unsaturated/α-hetero) is 1. The molecule has 0 aliphatic rings. The predicted molar refractivity (Wildman–Crippen MR) is 103 cm³/mol. The molecule has 2 rings (SSSR count). The van der Waals surface area contributed by atoms with Gasteiger partial charge in [0.15, 0.2) is 12.4 Å². The molecule has 0 atom stereocenters. The van der Waals surface area contributed by atoms with Crippen molar-refractivity contribution in [2.45, 2.75) is 20.8 Å². The number of carbonyl (C=O) groups excluding carboxylic acids is 3. The molecule has 0 unspecified atom stereocenters. The van der Waals surface area contributed by atoms with Crippen LogP contribution in [0.2, 0.25) is 0 Å². The van der Waals surface area contributed by atoms with Crippen LogP contribution >= 0.6 is 15.9 Å². The maximum atomic E-state index is 13.7. The van der Waals surface area contributed by atoms with Crippen molar-refractivity contribution in [3.63, 3.8) is 0 Å². The fraction of sp³-hybridized carbons (Fsp3) is 0.250. The Hall–Kier alpha value is -2.54. The largest absolute Gasteiger partial charge is 0.454 e. The summed E-state index contributed by atoms with van der Waals surface area (Å²) in [5.74, 6) is -2.23. The van der Waals surface area contributed by atoms with Crippen molar-refractivity contribution in [3.8, 4) is 0 Å². The zero-order chi connectivity index (χ0) is 20.2. The number of halogens is 2. The first kappa shape index (κ1) is 20.8. The number of amides is 1. The molecule has 0 saturated heterocycles. The average Bonchev–Trinajstić information content (AvgIpc) is 2.59. The molecule has 0 aromatic heterocycles. The molecule has 0 bridgehead atoms. The highest BCUT2D eigenvalue weighted by Crippen LogP contribution is 2.18. The van der Waals surface area contributed by atoms with E-state index in [1.807, 2.05) is 0 Å². The van der Waals surface area contributed by atoms with Gasteiger partial charge >= 0.3 is 5.97 Å². The second kappa shape index (κ2) is 8.43. The van der Waals surface area contributed by atoms with Gasteiger partial charge < -0.3 is 10.1 Å². The van der Waals surface area contributed by atoms with Crippen molar-refractivity contribution >= 4 is 39.3 Å². The molecule has 0 aliphatic carbocycles. The number of hydrogen-bond donors (Lipinski definition) is 1. The Morgan fingerprint density at radius 3 is 2.26 bits per heavy atom. The Labute approximate surface area is 165 Å². The minimum absolute atomic E-state index is 0.146. The third kappa shape index (κ3) is 5.72. The minimum Gasteiger partial charge on any atom is -0.454 e. The molecule has 142 valence electrons. The fourth-order valence-corrected chi connectivity index (χ4v) is 2.34. The smallest absolute Gasteiger partial charge is 0.341 e. The Morgan fingerprint density at radius 1 is 1.07 bits per heavy atom. The number of hydrogen-bond acceptors (Lipinski definition) is 4. The number of benzene rings is 2. The van der Waals surface area contributed by atoms with Crippen LogP contribution < -0.4 is 5.32 Å². The second-order valence-corrected chi connectivity index (χ2v) is 7.82. The zero-order valence-electron chi connectivity index (χ0n) is 15.1. The van der Waals surface area contributed by atoms with Gasteiger partial charge in [0, 0.05) is 21.1 Å². The van der Waals surface area contributed by atoms with Crippen LogP contribution in [0.25, 0.3) is 0 Å². The lowest BCUT2D eigenvalue weighted by Gasteiger charge is -2.17. The molecule has 2 aromatic rings. The molecule has 0 spiro atoms. The third-order valence-corrected chi connectivity index (χ3v) is 4.12. The highest BCUT2D eigenvalue weighted by Gasteiger charge is 2.21. The van der Waals surface area contributed by atoms with Gasteiger partial charge in [0.2, 0.25) is 5.91 Å². The second-order valence-electron chi connectivity index (χ2n) is 6.90. The van der Waals surface area contributed by atoms with Crippen LogP contribution in [0.1, 0.15) is 41.5 Å². The van der Waals surface area contributed by atoms with Crippen molar-refractivity contribution in [1.29, 1.82) is 0 Å². The summed E-state index contributed by atoms with van der Waals surface area (Å²) < 4.78 is 19.1. The normalized spacial score (nSPS) is 11.0. The highest BCUT2D eigenvalue weighted by atomic mass is 79.9. The topological polar surface area (TPSA) is 72.5 Å². The van der Waals surface area contributed by atoms with E-state index in [1.54, 1.807) is 32.9 Å². The molecule has 1 N–H and O–H groups in total. The first-order chi connectivity index (χ1) is 12.6. The molecule has 0 radical (unpaired) electrons. The summed E-state index contributed by atoms with van der Waals surface area (Å²) in [4.78, 5) is 36.0. The summed E-state index contributed by atoms with van der Waals surface area (Å²) in [5.41, 5.74) is 0.0878. The van der Waals surface area contributed by atoms with Crippen molar-refractivity contribution in [3.05, 3.63) is 63.9 Å². The lowest BCUT2D eigenvalue weighted by molar-refractivity contribution is -0.123. The molecular formula is C20H19BrFNO4. The fourth-order valence-electron chi connectivity index (χ4n) is 2.01. The van der Waals surface area contributed by atoms with Gasteiger partial charge in [0.25, 0.3) is 0 Å². The molecule has 0 fully saturated rings. The molecular weight excluding hydrogens is 417 g/mol. The van der Waals surface area contributed by atoms with E-state index in [0.717, 1.165) is 6.07 Å². The molecule has 5 nitrogen and oxygen atoms in total. The monoisotopic (exact) mass is 435 g/mol. The van der Waals surface area contributed by atoms with Gasteiger partial charge in [0.05, 0.1) is 5.56 Å². The zero-order valence-corrected chi connectivity index (χ0v) is 16.7. The quantitative estimate of drug-likeness (QED) is 0.549. The first-order valence-electron chi connectivity index (χ1n) is 8.15.